The van der Waals surface area contributed by atoms with E-state index < -0.39 is 6.10 Å². The van der Waals surface area contributed by atoms with Crippen molar-refractivity contribution in [2.75, 3.05) is 20.2 Å². The molecule has 0 amide bonds. The van der Waals surface area contributed by atoms with Gasteiger partial charge in [0, 0.05) is 24.2 Å². The zero-order valence-corrected chi connectivity index (χ0v) is 19.5. The summed E-state index contributed by atoms with van der Waals surface area (Å²) in [4.78, 5) is 6.99. The molecule has 1 N–H and O–H groups in total. The highest BCUT2D eigenvalue weighted by Crippen LogP contribution is 2.42. The van der Waals surface area contributed by atoms with Crippen molar-refractivity contribution in [1.82, 2.24) is 9.88 Å². The normalized spacial score (nSPS) is 25.2. The third kappa shape index (κ3) is 3.77. The minimum Gasteiger partial charge on any atom is -0.497 e. The predicted molar refractivity (Wildman–Crippen MR) is 138 cm³/mol. The Morgan fingerprint density at radius 1 is 1.06 bits per heavy atom. The topological polar surface area (TPSA) is 45.6 Å². The van der Waals surface area contributed by atoms with Gasteiger partial charge in [0.1, 0.15) is 5.75 Å². The lowest BCUT2D eigenvalue weighted by Gasteiger charge is -2.50. The average Bonchev–Trinajstić information content (AvgIpc) is 2.91. The van der Waals surface area contributed by atoms with Crippen LogP contribution in [-0.4, -0.2) is 41.2 Å². The standard InChI is InChI=1S/C30H30N2O2/c1-34-24-11-12-28-27(18-24)26(13-15-31-28)30(33)29-17-22-14-16-32(29)19-23(22)10-9-21-7-4-6-20-5-2-3-8-25(20)21/h2-13,15,18,22-23,29-30,33H,14,16-17,19H2,1H3/b10-9+/t22-,23+,29-,30-/m1/s1. The lowest BCUT2D eigenvalue weighted by Crippen LogP contribution is -2.54. The molecular formula is C30H30N2O2. The van der Waals surface area contributed by atoms with Crippen LogP contribution in [0.1, 0.15) is 30.1 Å². The molecule has 3 aliphatic rings. The number of aliphatic hydroxyl groups excluding tert-OH is 1. The Morgan fingerprint density at radius 3 is 2.79 bits per heavy atom. The molecule has 3 aliphatic heterocycles. The summed E-state index contributed by atoms with van der Waals surface area (Å²) in [5.74, 6) is 1.90. The second kappa shape index (κ2) is 8.86. The Bertz CT molecular complexity index is 1360. The second-order valence-corrected chi connectivity index (χ2v) is 9.67. The van der Waals surface area contributed by atoms with Gasteiger partial charge in [0.15, 0.2) is 0 Å². The summed E-state index contributed by atoms with van der Waals surface area (Å²) in [5.41, 5.74) is 3.12. The van der Waals surface area contributed by atoms with Gasteiger partial charge in [-0.05, 0) is 77.4 Å². The molecule has 4 heterocycles. The summed E-state index contributed by atoms with van der Waals surface area (Å²) in [6.07, 6.45) is 8.19. The number of ether oxygens (including phenoxy) is 1. The van der Waals surface area contributed by atoms with Crippen molar-refractivity contribution in [2.45, 2.75) is 25.0 Å². The first-order valence-corrected chi connectivity index (χ1v) is 12.2. The molecule has 0 radical (unpaired) electrons. The molecule has 4 nitrogen and oxygen atoms in total. The molecule has 34 heavy (non-hydrogen) atoms. The first kappa shape index (κ1) is 21.3. The van der Waals surface area contributed by atoms with Crippen LogP contribution < -0.4 is 4.74 Å². The van der Waals surface area contributed by atoms with Gasteiger partial charge in [-0.2, -0.15) is 0 Å². The Morgan fingerprint density at radius 2 is 1.94 bits per heavy atom. The highest BCUT2D eigenvalue weighted by atomic mass is 16.5. The van der Waals surface area contributed by atoms with Gasteiger partial charge in [-0.25, -0.2) is 0 Å². The maximum atomic E-state index is 11.5. The molecule has 2 bridgehead atoms. The van der Waals surface area contributed by atoms with Crippen molar-refractivity contribution in [1.29, 1.82) is 0 Å². The minimum atomic E-state index is -0.539. The van der Waals surface area contributed by atoms with E-state index in [0.717, 1.165) is 41.7 Å². The van der Waals surface area contributed by atoms with E-state index in [1.165, 1.54) is 22.8 Å². The average molecular weight is 451 g/mol. The number of aromatic nitrogens is 1. The second-order valence-electron chi connectivity index (χ2n) is 9.67. The number of benzene rings is 3. The zero-order chi connectivity index (χ0) is 23.1. The van der Waals surface area contributed by atoms with Gasteiger partial charge in [-0.3, -0.25) is 9.88 Å². The maximum absolute atomic E-state index is 11.5. The molecule has 1 unspecified atom stereocenters. The Labute approximate surface area is 200 Å². The lowest BCUT2D eigenvalue weighted by atomic mass is 9.73. The summed E-state index contributed by atoms with van der Waals surface area (Å²) in [7, 11) is 1.67. The van der Waals surface area contributed by atoms with E-state index in [2.05, 4.69) is 64.5 Å². The molecule has 0 saturated carbocycles. The van der Waals surface area contributed by atoms with Crippen LogP contribution in [0.25, 0.3) is 27.8 Å². The SMILES string of the molecule is COc1ccc2nccc([C@@H](O)[C@H]3C[C@H]4CCN3C[C@@H]4/C=C/c3cccc4ccccc34)c2c1. The van der Waals surface area contributed by atoms with Gasteiger partial charge >= 0.3 is 0 Å². The molecule has 3 aromatic carbocycles. The number of nitrogens with zero attached hydrogens (tertiary/aromatic N) is 2. The minimum absolute atomic E-state index is 0.137. The number of aliphatic hydroxyl groups is 1. The summed E-state index contributed by atoms with van der Waals surface area (Å²) < 4.78 is 5.43. The number of rotatable bonds is 5. The molecule has 0 spiro atoms. The van der Waals surface area contributed by atoms with Crippen LogP contribution in [-0.2, 0) is 0 Å². The Balaban J connectivity index is 1.24. The van der Waals surface area contributed by atoms with Crippen molar-refractivity contribution >= 4 is 27.8 Å². The van der Waals surface area contributed by atoms with E-state index in [0.29, 0.717) is 11.8 Å². The monoisotopic (exact) mass is 450 g/mol. The molecule has 7 rings (SSSR count). The van der Waals surface area contributed by atoms with Gasteiger partial charge in [0.05, 0.1) is 18.7 Å². The van der Waals surface area contributed by atoms with Crippen LogP contribution in [0.15, 0.2) is 79.0 Å². The van der Waals surface area contributed by atoms with E-state index in [1.807, 2.05) is 24.3 Å². The van der Waals surface area contributed by atoms with Gasteiger partial charge < -0.3 is 9.84 Å². The molecule has 4 heteroatoms. The predicted octanol–water partition coefficient (Wildman–Crippen LogP) is 5.85. The fraction of sp³-hybridized carbons (Fsp3) is 0.300. The van der Waals surface area contributed by atoms with Crippen molar-refractivity contribution in [3.63, 3.8) is 0 Å². The Hall–Kier alpha value is -3.21. The van der Waals surface area contributed by atoms with E-state index >= 15 is 0 Å². The van der Waals surface area contributed by atoms with Crippen molar-refractivity contribution in [3.05, 3.63) is 90.1 Å². The quantitative estimate of drug-likeness (QED) is 0.414. The zero-order valence-electron chi connectivity index (χ0n) is 19.5. The third-order valence-corrected chi connectivity index (χ3v) is 7.86. The number of hydrogen-bond donors (Lipinski definition) is 1. The first-order chi connectivity index (χ1) is 16.7. The molecule has 4 aromatic rings. The number of piperidine rings is 3. The van der Waals surface area contributed by atoms with Gasteiger partial charge in [-0.15, -0.1) is 0 Å². The summed E-state index contributed by atoms with van der Waals surface area (Å²) in [6.45, 7) is 2.05. The van der Waals surface area contributed by atoms with E-state index in [4.69, 9.17) is 4.74 Å². The molecule has 3 saturated heterocycles. The fourth-order valence-electron chi connectivity index (χ4n) is 6.02. The van der Waals surface area contributed by atoms with E-state index in [-0.39, 0.29) is 6.04 Å². The largest absolute Gasteiger partial charge is 0.497 e. The van der Waals surface area contributed by atoms with Crippen LogP contribution in [0.2, 0.25) is 0 Å². The van der Waals surface area contributed by atoms with Crippen LogP contribution in [0.4, 0.5) is 0 Å². The molecule has 3 fully saturated rings. The fourth-order valence-corrected chi connectivity index (χ4v) is 6.02. The number of pyridine rings is 1. The van der Waals surface area contributed by atoms with E-state index in [1.54, 1.807) is 13.3 Å². The van der Waals surface area contributed by atoms with Crippen LogP contribution in [0, 0.1) is 11.8 Å². The lowest BCUT2D eigenvalue weighted by molar-refractivity contribution is -0.0444. The summed E-state index contributed by atoms with van der Waals surface area (Å²) in [5, 5.41) is 15.1. The third-order valence-electron chi connectivity index (χ3n) is 7.86. The smallest absolute Gasteiger partial charge is 0.119 e. The molecule has 1 aromatic heterocycles. The van der Waals surface area contributed by atoms with Gasteiger partial charge in [-0.1, -0.05) is 54.6 Å². The maximum Gasteiger partial charge on any atom is 0.119 e. The molecule has 5 atom stereocenters. The highest BCUT2D eigenvalue weighted by molar-refractivity contribution is 5.90. The number of fused-ring (bicyclic) bond motifs is 5. The molecule has 172 valence electrons. The number of hydrogen-bond acceptors (Lipinski definition) is 4. The van der Waals surface area contributed by atoms with Crippen molar-refractivity contribution < 1.29 is 9.84 Å². The van der Waals surface area contributed by atoms with Crippen LogP contribution in [0.5, 0.6) is 5.75 Å². The Kier molecular flexibility index (Phi) is 5.56. The highest BCUT2D eigenvalue weighted by Gasteiger charge is 2.42. The first-order valence-electron chi connectivity index (χ1n) is 12.2. The van der Waals surface area contributed by atoms with Crippen molar-refractivity contribution in [3.8, 4) is 5.75 Å². The van der Waals surface area contributed by atoms with Gasteiger partial charge in [0.2, 0.25) is 0 Å². The molecule has 0 aliphatic carbocycles. The van der Waals surface area contributed by atoms with E-state index in [9.17, 15) is 5.11 Å². The summed E-state index contributed by atoms with van der Waals surface area (Å²) in [6, 6.07) is 23.1. The van der Waals surface area contributed by atoms with Crippen LogP contribution in [0.3, 0.4) is 0 Å². The van der Waals surface area contributed by atoms with Crippen molar-refractivity contribution in [2.24, 2.45) is 11.8 Å². The van der Waals surface area contributed by atoms with Crippen LogP contribution >= 0.6 is 0 Å². The summed E-state index contributed by atoms with van der Waals surface area (Å²) >= 11 is 0. The molecular weight excluding hydrogens is 420 g/mol. The van der Waals surface area contributed by atoms with Gasteiger partial charge in [0.25, 0.3) is 0 Å². The number of methoxy groups -OCH3 is 1.